The van der Waals surface area contributed by atoms with Gasteiger partial charge in [-0.1, -0.05) is 13.8 Å². The quantitative estimate of drug-likeness (QED) is 0.719. The van der Waals surface area contributed by atoms with Crippen LogP contribution < -0.4 is 10.6 Å². The molecule has 0 aromatic rings. The summed E-state index contributed by atoms with van der Waals surface area (Å²) in [6.07, 6.45) is -0.525. The van der Waals surface area contributed by atoms with Crippen molar-refractivity contribution in [2.24, 2.45) is 5.92 Å². The summed E-state index contributed by atoms with van der Waals surface area (Å²) in [5, 5.41) is 5.06. The molecule has 0 radical (unpaired) electrons. The summed E-state index contributed by atoms with van der Waals surface area (Å²) in [6, 6.07) is -0.691. The van der Waals surface area contributed by atoms with Gasteiger partial charge >= 0.3 is 12.1 Å². The zero-order chi connectivity index (χ0) is 16.6. The standard InChI is InChI=1S/C14H26N2O5/c1-9(2)11(12(18)20-6)16-10(17)7-8-15-13(19)21-14(3,4)5/h9,11H,7-8H2,1-6H3,(H,15,19)(H,16,17). The summed E-state index contributed by atoms with van der Waals surface area (Å²) < 4.78 is 9.67. The molecule has 0 saturated heterocycles. The minimum Gasteiger partial charge on any atom is -0.467 e. The molecule has 0 aromatic carbocycles. The molecule has 0 spiro atoms. The number of hydrogen-bond donors (Lipinski definition) is 2. The molecule has 0 saturated carbocycles. The maximum atomic E-state index is 11.7. The fraction of sp³-hybridized carbons (Fsp3) is 0.786. The van der Waals surface area contributed by atoms with E-state index >= 15 is 0 Å². The largest absolute Gasteiger partial charge is 0.467 e. The number of methoxy groups -OCH3 is 1. The van der Waals surface area contributed by atoms with Gasteiger partial charge in [0.05, 0.1) is 7.11 Å². The van der Waals surface area contributed by atoms with Gasteiger partial charge in [-0.25, -0.2) is 9.59 Å². The van der Waals surface area contributed by atoms with Crippen LogP contribution in [0.2, 0.25) is 0 Å². The number of hydrogen-bond acceptors (Lipinski definition) is 5. The van der Waals surface area contributed by atoms with Crippen LogP contribution in [0.15, 0.2) is 0 Å². The van der Waals surface area contributed by atoms with Crippen molar-refractivity contribution in [2.45, 2.75) is 52.7 Å². The molecule has 7 nitrogen and oxygen atoms in total. The highest BCUT2D eigenvalue weighted by Gasteiger charge is 2.24. The smallest absolute Gasteiger partial charge is 0.407 e. The van der Waals surface area contributed by atoms with Gasteiger partial charge in [0, 0.05) is 13.0 Å². The summed E-state index contributed by atoms with van der Waals surface area (Å²) in [7, 11) is 1.27. The van der Waals surface area contributed by atoms with E-state index < -0.39 is 23.7 Å². The lowest BCUT2D eigenvalue weighted by Crippen LogP contribution is -2.45. The topological polar surface area (TPSA) is 93.7 Å². The van der Waals surface area contributed by atoms with Crippen LogP contribution in [0.5, 0.6) is 0 Å². The molecule has 0 aliphatic carbocycles. The molecule has 0 heterocycles. The van der Waals surface area contributed by atoms with Gasteiger partial charge < -0.3 is 20.1 Å². The second kappa shape index (κ2) is 8.49. The number of alkyl carbamates (subject to hydrolysis) is 1. The zero-order valence-electron chi connectivity index (χ0n) is 13.6. The Hall–Kier alpha value is -1.79. The van der Waals surface area contributed by atoms with Crippen molar-refractivity contribution in [3.8, 4) is 0 Å². The SMILES string of the molecule is COC(=O)C(NC(=O)CCNC(=O)OC(C)(C)C)C(C)C. The van der Waals surface area contributed by atoms with Gasteiger partial charge in [-0.05, 0) is 26.7 Å². The predicted octanol–water partition coefficient (Wildman–Crippen LogP) is 1.21. The van der Waals surface area contributed by atoms with Crippen LogP contribution in [0.25, 0.3) is 0 Å². The predicted molar refractivity (Wildman–Crippen MR) is 77.6 cm³/mol. The van der Waals surface area contributed by atoms with Gasteiger partial charge in [0.25, 0.3) is 0 Å². The minimum absolute atomic E-state index is 0.0550. The van der Waals surface area contributed by atoms with E-state index in [0.29, 0.717) is 0 Å². The Bertz CT molecular complexity index is 374. The van der Waals surface area contributed by atoms with E-state index in [-0.39, 0.29) is 24.8 Å². The van der Waals surface area contributed by atoms with E-state index in [1.165, 1.54) is 7.11 Å². The summed E-state index contributed by atoms with van der Waals surface area (Å²) in [5.74, 6) is -0.908. The Morgan fingerprint density at radius 3 is 2.14 bits per heavy atom. The van der Waals surface area contributed by atoms with E-state index in [0.717, 1.165) is 0 Å². The highest BCUT2D eigenvalue weighted by molar-refractivity contribution is 5.84. The summed E-state index contributed by atoms with van der Waals surface area (Å²) in [5.41, 5.74) is -0.583. The van der Waals surface area contributed by atoms with Gasteiger partial charge in [0.2, 0.25) is 5.91 Å². The van der Waals surface area contributed by atoms with Crippen molar-refractivity contribution < 1.29 is 23.9 Å². The van der Waals surface area contributed by atoms with E-state index in [1.54, 1.807) is 34.6 Å². The number of ether oxygens (including phenoxy) is 2. The van der Waals surface area contributed by atoms with Crippen molar-refractivity contribution in [3.05, 3.63) is 0 Å². The molecule has 1 unspecified atom stereocenters. The lowest BCUT2D eigenvalue weighted by molar-refractivity contribution is -0.146. The number of carbonyl (C=O) groups excluding carboxylic acids is 3. The highest BCUT2D eigenvalue weighted by atomic mass is 16.6. The lowest BCUT2D eigenvalue weighted by Gasteiger charge is -2.21. The van der Waals surface area contributed by atoms with E-state index in [2.05, 4.69) is 15.4 Å². The second-order valence-electron chi connectivity index (χ2n) is 5.99. The van der Waals surface area contributed by atoms with E-state index in [9.17, 15) is 14.4 Å². The summed E-state index contributed by atoms with van der Waals surface area (Å²) in [4.78, 5) is 34.6. The third kappa shape index (κ3) is 8.88. The number of amides is 2. The van der Waals surface area contributed by atoms with Gasteiger partial charge in [0.1, 0.15) is 11.6 Å². The van der Waals surface area contributed by atoms with Crippen molar-refractivity contribution in [1.29, 1.82) is 0 Å². The number of nitrogens with one attached hydrogen (secondary N) is 2. The molecule has 7 heteroatoms. The van der Waals surface area contributed by atoms with Crippen LogP contribution in [0, 0.1) is 5.92 Å². The van der Waals surface area contributed by atoms with Crippen LogP contribution in [-0.2, 0) is 19.1 Å². The average molecular weight is 302 g/mol. The van der Waals surface area contributed by atoms with Gasteiger partial charge in [-0.3, -0.25) is 4.79 Å². The Balaban J connectivity index is 4.15. The molecular formula is C14H26N2O5. The average Bonchev–Trinajstić information content (AvgIpc) is 2.32. The van der Waals surface area contributed by atoms with Crippen LogP contribution in [0.1, 0.15) is 41.0 Å². The second-order valence-corrected chi connectivity index (χ2v) is 5.99. The molecule has 0 rings (SSSR count). The maximum Gasteiger partial charge on any atom is 0.407 e. The first-order valence-corrected chi connectivity index (χ1v) is 6.91. The fourth-order valence-electron chi connectivity index (χ4n) is 1.46. The van der Waals surface area contributed by atoms with Gasteiger partial charge in [-0.2, -0.15) is 0 Å². The third-order valence-corrected chi connectivity index (χ3v) is 2.46. The summed E-state index contributed by atoms with van der Waals surface area (Å²) >= 11 is 0. The molecule has 21 heavy (non-hydrogen) atoms. The number of rotatable bonds is 6. The van der Waals surface area contributed by atoms with Crippen molar-refractivity contribution in [3.63, 3.8) is 0 Å². The minimum atomic E-state index is -0.691. The highest BCUT2D eigenvalue weighted by Crippen LogP contribution is 2.06. The monoisotopic (exact) mass is 302 g/mol. The van der Waals surface area contributed by atoms with Gasteiger partial charge in [0.15, 0.2) is 0 Å². The van der Waals surface area contributed by atoms with Crippen molar-refractivity contribution in [2.75, 3.05) is 13.7 Å². The lowest BCUT2D eigenvalue weighted by atomic mass is 10.0. The van der Waals surface area contributed by atoms with Crippen LogP contribution in [0.3, 0.4) is 0 Å². The molecule has 0 fully saturated rings. The zero-order valence-corrected chi connectivity index (χ0v) is 13.6. The Labute approximate surface area is 125 Å². The van der Waals surface area contributed by atoms with Gasteiger partial charge in [-0.15, -0.1) is 0 Å². The number of esters is 1. The van der Waals surface area contributed by atoms with E-state index in [4.69, 9.17) is 4.74 Å². The Morgan fingerprint density at radius 2 is 1.71 bits per heavy atom. The Morgan fingerprint density at radius 1 is 1.14 bits per heavy atom. The molecule has 0 aliphatic heterocycles. The van der Waals surface area contributed by atoms with Crippen LogP contribution in [-0.4, -0.2) is 43.3 Å². The molecule has 0 aliphatic rings. The fourth-order valence-corrected chi connectivity index (χ4v) is 1.46. The van der Waals surface area contributed by atoms with Crippen LogP contribution in [0.4, 0.5) is 4.79 Å². The molecule has 2 N–H and O–H groups in total. The van der Waals surface area contributed by atoms with Crippen LogP contribution >= 0.6 is 0 Å². The first-order chi connectivity index (χ1) is 9.56. The van der Waals surface area contributed by atoms with Crippen molar-refractivity contribution >= 4 is 18.0 Å². The normalized spacial score (nSPS) is 12.5. The molecule has 0 bridgehead atoms. The maximum absolute atomic E-state index is 11.7. The molecule has 122 valence electrons. The Kier molecular flexibility index (Phi) is 7.76. The molecule has 0 aromatic heterocycles. The first-order valence-electron chi connectivity index (χ1n) is 6.91. The summed E-state index contributed by atoms with van der Waals surface area (Å²) in [6.45, 7) is 9.00. The number of carbonyl (C=O) groups is 3. The van der Waals surface area contributed by atoms with Crippen molar-refractivity contribution in [1.82, 2.24) is 10.6 Å². The first kappa shape index (κ1) is 19.2. The van der Waals surface area contributed by atoms with E-state index in [1.807, 2.05) is 0 Å². The third-order valence-electron chi connectivity index (χ3n) is 2.46. The molecule has 2 amide bonds. The molecule has 1 atom stereocenters. The molecular weight excluding hydrogens is 276 g/mol.